The van der Waals surface area contributed by atoms with Gasteiger partial charge in [-0.15, -0.1) is 11.3 Å². The van der Waals surface area contributed by atoms with Crippen LogP contribution in [-0.2, 0) is 11.2 Å². The number of benzene rings is 1. The summed E-state index contributed by atoms with van der Waals surface area (Å²) in [6.07, 6.45) is 2.40. The number of carbonyl (C=O) groups is 1. The number of thiazole rings is 1. The van der Waals surface area contributed by atoms with Crippen molar-refractivity contribution >= 4 is 17.2 Å². The largest absolute Gasteiger partial charge is 0.486 e. The fourth-order valence-corrected chi connectivity index (χ4v) is 4.04. The van der Waals surface area contributed by atoms with Gasteiger partial charge >= 0.3 is 0 Å². The molecule has 0 saturated carbocycles. The molecule has 5 nitrogen and oxygen atoms in total. The van der Waals surface area contributed by atoms with Gasteiger partial charge < -0.3 is 14.4 Å². The van der Waals surface area contributed by atoms with Gasteiger partial charge in [0.05, 0.1) is 23.2 Å². The Bertz CT molecular complexity index is 758. The summed E-state index contributed by atoms with van der Waals surface area (Å²) < 4.78 is 11.3. The van der Waals surface area contributed by atoms with Gasteiger partial charge in [0, 0.05) is 11.9 Å². The number of hydrogen-bond acceptors (Lipinski definition) is 5. The molecule has 1 amide bonds. The van der Waals surface area contributed by atoms with Gasteiger partial charge in [0.1, 0.15) is 13.2 Å². The highest BCUT2D eigenvalue weighted by atomic mass is 32.1. The maximum Gasteiger partial charge on any atom is 0.229 e. The van der Waals surface area contributed by atoms with E-state index in [1.807, 2.05) is 29.3 Å². The molecule has 0 bridgehead atoms. The van der Waals surface area contributed by atoms with Crippen molar-refractivity contribution in [2.24, 2.45) is 0 Å². The first-order valence-electron chi connectivity index (χ1n) is 8.31. The molecular formula is C18H20N2O3S. The number of aromatic nitrogens is 1. The van der Waals surface area contributed by atoms with Crippen LogP contribution in [0.3, 0.4) is 0 Å². The zero-order valence-corrected chi connectivity index (χ0v) is 14.5. The Morgan fingerprint density at radius 1 is 1.33 bits per heavy atom. The highest BCUT2D eigenvalue weighted by molar-refractivity contribution is 7.09. The lowest BCUT2D eigenvalue weighted by atomic mass is 10.0. The molecular weight excluding hydrogens is 324 g/mol. The molecule has 1 aromatic carbocycles. The van der Waals surface area contributed by atoms with Crippen molar-refractivity contribution in [3.63, 3.8) is 0 Å². The number of nitrogens with zero attached hydrogens (tertiary/aromatic N) is 2. The molecule has 0 aliphatic carbocycles. The van der Waals surface area contributed by atoms with Crippen LogP contribution in [0.1, 0.15) is 35.1 Å². The number of aryl methyl sites for hydroxylation is 1. The van der Waals surface area contributed by atoms with Crippen LogP contribution in [0.15, 0.2) is 23.6 Å². The number of likely N-dealkylation sites (tertiary alicyclic amines) is 1. The predicted octanol–water partition coefficient (Wildman–Crippen LogP) is 3.13. The molecule has 1 aromatic heterocycles. The molecule has 1 unspecified atom stereocenters. The molecule has 24 heavy (non-hydrogen) atoms. The van der Waals surface area contributed by atoms with Crippen molar-refractivity contribution in [3.05, 3.63) is 39.8 Å². The number of fused-ring (bicyclic) bond motifs is 1. The van der Waals surface area contributed by atoms with E-state index in [0.717, 1.165) is 47.2 Å². The zero-order chi connectivity index (χ0) is 16.5. The Morgan fingerprint density at radius 2 is 2.17 bits per heavy atom. The second-order valence-corrected chi connectivity index (χ2v) is 7.25. The second-order valence-electron chi connectivity index (χ2n) is 6.18. The average Bonchev–Trinajstić information content (AvgIpc) is 3.23. The molecule has 1 saturated heterocycles. The van der Waals surface area contributed by atoms with Gasteiger partial charge in [-0.05, 0) is 37.5 Å². The third kappa shape index (κ3) is 2.98. The van der Waals surface area contributed by atoms with Crippen molar-refractivity contribution in [1.29, 1.82) is 0 Å². The Morgan fingerprint density at radius 3 is 2.96 bits per heavy atom. The molecule has 4 rings (SSSR count). The SMILES string of the molecule is Cc1nc(CC(=O)N2CCCC2c2ccc3c(c2)OCCO3)cs1. The van der Waals surface area contributed by atoms with E-state index in [9.17, 15) is 4.79 Å². The highest BCUT2D eigenvalue weighted by Gasteiger charge is 2.31. The fourth-order valence-electron chi connectivity index (χ4n) is 3.42. The maximum atomic E-state index is 12.7. The molecule has 3 heterocycles. The first-order valence-corrected chi connectivity index (χ1v) is 9.19. The van der Waals surface area contributed by atoms with Crippen LogP contribution < -0.4 is 9.47 Å². The number of hydrogen-bond donors (Lipinski definition) is 0. The molecule has 1 atom stereocenters. The summed E-state index contributed by atoms with van der Waals surface area (Å²) in [5.74, 6) is 1.73. The number of rotatable bonds is 3. The molecule has 2 aliphatic rings. The standard InChI is InChI=1S/C18H20N2O3S/c1-12-19-14(11-24-12)10-18(21)20-6-2-3-15(20)13-4-5-16-17(9-13)23-8-7-22-16/h4-5,9,11,15H,2-3,6-8,10H2,1H3. The minimum absolute atomic E-state index is 0.119. The Hall–Kier alpha value is -2.08. The molecule has 2 aliphatic heterocycles. The quantitative estimate of drug-likeness (QED) is 0.858. The van der Waals surface area contributed by atoms with Gasteiger partial charge in [0.2, 0.25) is 5.91 Å². The summed E-state index contributed by atoms with van der Waals surface area (Å²) in [6, 6.07) is 6.15. The van der Waals surface area contributed by atoms with Gasteiger partial charge in [-0.25, -0.2) is 4.98 Å². The van der Waals surface area contributed by atoms with Crippen molar-refractivity contribution in [1.82, 2.24) is 9.88 Å². The normalized spacial score (nSPS) is 19.5. The average molecular weight is 344 g/mol. The van der Waals surface area contributed by atoms with E-state index in [1.165, 1.54) is 0 Å². The van der Waals surface area contributed by atoms with E-state index in [2.05, 4.69) is 11.1 Å². The first-order chi connectivity index (χ1) is 11.7. The summed E-state index contributed by atoms with van der Waals surface area (Å²) in [5, 5.41) is 2.98. The van der Waals surface area contributed by atoms with Crippen molar-refractivity contribution < 1.29 is 14.3 Å². The predicted molar refractivity (Wildman–Crippen MR) is 91.7 cm³/mol. The Balaban J connectivity index is 1.53. The van der Waals surface area contributed by atoms with Crippen LogP contribution >= 0.6 is 11.3 Å². The molecule has 1 fully saturated rings. The lowest BCUT2D eigenvalue weighted by Gasteiger charge is -2.26. The molecule has 0 spiro atoms. The molecule has 0 N–H and O–H groups in total. The van der Waals surface area contributed by atoms with E-state index in [-0.39, 0.29) is 11.9 Å². The minimum atomic E-state index is 0.119. The van der Waals surface area contributed by atoms with Crippen molar-refractivity contribution in [2.45, 2.75) is 32.2 Å². The van der Waals surface area contributed by atoms with E-state index >= 15 is 0 Å². The van der Waals surface area contributed by atoms with E-state index in [1.54, 1.807) is 11.3 Å². The number of ether oxygens (including phenoxy) is 2. The Labute approximate surface area is 145 Å². The molecule has 2 aromatic rings. The highest BCUT2D eigenvalue weighted by Crippen LogP contribution is 2.38. The van der Waals surface area contributed by atoms with Crippen LogP contribution in [0.5, 0.6) is 11.5 Å². The van der Waals surface area contributed by atoms with E-state index in [4.69, 9.17) is 9.47 Å². The molecule has 6 heteroatoms. The number of amides is 1. The van der Waals surface area contributed by atoms with Gasteiger partial charge in [-0.2, -0.15) is 0 Å². The van der Waals surface area contributed by atoms with Crippen LogP contribution in [-0.4, -0.2) is 35.5 Å². The summed E-state index contributed by atoms with van der Waals surface area (Å²) in [7, 11) is 0. The zero-order valence-electron chi connectivity index (χ0n) is 13.7. The van der Waals surface area contributed by atoms with E-state index in [0.29, 0.717) is 19.6 Å². The lowest BCUT2D eigenvalue weighted by Crippen LogP contribution is -2.32. The maximum absolute atomic E-state index is 12.7. The summed E-state index contributed by atoms with van der Waals surface area (Å²) in [6.45, 7) is 3.94. The first kappa shape index (κ1) is 15.4. The van der Waals surface area contributed by atoms with Crippen LogP contribution in [0.25, 0.3) is 0 Å². The van der Waals surface area contributed by atoms with Crippen molar-refractivity contribution in [3.8, 4) is 11.5 Å². The van der Waals surface area contributed by atoms with E-state index < -0.39 is 0 Å². The fraction of sp³-hybridized carbons (Fsp3) is 0.444. The third-order valence-electron chi connectivity index (χ3n) is 4.52. The molecule has 126 valence electrons. The molecule has 0 radical (unpaired) electrons. The summed E-state index contributed by atoms with van der Waals surface area (Å²) >= 11 is 1.59. The van der Waals surface area contributed by atoms with Gasteiger partial charge in [-0.1, -0.05) is 6.07 Å². The monoisotopic (exact) mass is 344 g/mol. The van der Waals surface area contributed by atoms with Gasteiger partial charge in [-0.3, -0.25) is 4.79 Å². The number of carbonyl (C=O) groups excluding carboxylic acids is 1. The van der Waals surface area contributed by atoms with Crippen LogP contribution in [0.2, 0.25) is 0 Å². The van der Waals surface area contributed by atoms with Crippen molar-refractivity contribution in [2.75, 3.05) is 19.8 Å². The van der Waals surface area contributed by atoms with Crippen LogP contribution in [0, 0.1) is 6.92 Å². The second kappa shape index (κ2) is 6.43. The minimum Gasteiger partial charge on any atom is -0.486 e. The summed E-state index contributed by atoms with van der Waals surface area (Å²) in [4.78, 5) is 19.1. The smallest absolute Gasteiger partial charge is 0.229 e. The van der Waals surface area contributed by atoms with Gasteiger partial charge in [0.25, 0.3) is 0 Å². The van der Waals surface area contributed by atoms with Crippen LogP contribution in [0.4, 0.5) is 0 Å². The summed E-state index contributed by atoms with van der Waals surface area (Å²) in [5.41, 5.74) is 2.00. The Kier molecular flexibility index (Phi) is 4.14. The van der Waals surface area contributed by atoms with Gasteiger partial charge in [0.15, 0.2) is 11.5 Å². The lowest BCUT2D eigenvalue weighted by molar-refractivity contribution is -0.131. The third-order valence-corrected chi connectivity index (χ3v) is 5.35. The topological polar surface area (TPSA) is 51.7 Å².